The number of carbonyl (C=O) groups excluding carboxylic acids is 1. The number of hydrogen-bond donors (Lipinski definition) is 1. The van der Waals surface area contributed by atoms with Crippen LogP contribution in [0, 0.1) is 5.92 Å². The standard InChI is InChI=1S/C14H18Cl2N2O/c1-9(17)10-3-2-6-18(8-10)14(19)12-5-4-11(15)7-13(12)16/h4-5,7,9-10H,2-3,6,8,17H2,1H3. The summed E-state index contributed by atoms with van der Waals surface area (Å²) in [5.41, 5.74) is 6.45. The third kappa shape index (κ3) is 3.41. The summed E-state index contributed by atoms with van der Waals surface area (Å²) >= 11 is 11.9. The summed E-state index contributed by atoms with van der Waals surface area (Å²) in [7, 11) is 0. The maximum absolute atomic E-state index is 12.5. The lowest BCUT2D eigenvalue weighted by atomic mass is 9.92. The number of piperidine rings is 1. The molecule has 1 fully saturated rings. The number of nitrogens with two attached hydrogens (primary N) is 1. The molecule has 0 aliphatic carbocycles. The molecule has 1 aliphatic heterocycles. The van der Waals surface area contributed by atoms with E-state index < -0.39 is 0 Å². The first-order chi connectivity index (χ1) is 8.99. The van der Waals surface area contributed by atoms with Gasteiger partial charge in [-0.1, -0.05) is 23.2 Å². The van der Waals surface area contributed by atoms with Gasteiger partial charge in [0.1, 0.15) is 0 Å². The molecule has 5 heteroatoms. The van der Waals surface area contributed by atoms with Gasteiger partial charge in [0.2, 0.25) is 0 Å². The first-order valence-corrected chi connectivity index (χ1v) is 7.24. The van der Waals surface area contributed by atoms with E-state index in [1.807, 2.05) is 11.8 Å². The van der Waals surface area contributed by atoms with E-state index in [2.05, 4.69) is 0 Å². The average Bonchev–Trinajstić information content (AvgIpc) is 2.38. The summed E-state index contributed by atoms with van der Waals surface area (Å²) in [5, 5.41) is 0.939. The van der Waals surface area contributed by atoms with E-state index in [1.54, 1.807) is 18.2 Å². The zero-order valence-electron chi connectivity index (χ0n) is 10.9. The molecule has 2 rings (SSSR count). The van der Waals surface area contributed by atoms with Crippen LogP contribution >= 0.6 is 23.2 Å². The lowest BCUT2D eigenvalue weighted by Crippen LogP contribution is -2.45. The molecule has 19 heavy (non-hydrogen) atoms. The molecule has 1 aromatic rings. The first kappa shape index (κ1) is 14.6. The zero-order chi connectivity index (χ0) is 14.0. The molecule has 1 aliphatic rings. The summed E-state index contributed by atoms with van der Waals surface area (Å²) in [6, 6.07) is 5.08. The number of amides is 1. The van der Waals surface area contributed by atoms with Gasteiger partial charge in [-0.3, -0.25) is 4.79 Å². The van der Waals surface area contributed by atoms with Crippen molar-refractivity contribution in [2.24, 2.45) is 11.7 Å². The average molecular weight is 301 g/mol. The molecule has 3 nitrogen and oxygen atoms in total. The number of carbonyl (C=O) groups is 1. The lowest BCUT2D eigenvalue weighted by molar-refractivity contribution is 0.0661. The van der Waals surface area contributed by atoms with Crippen molar-refractivity contribution in [3.8, 4) is 0 Å². The molecular weight excluding hydrogens is 283 g/mol. The van der Waals surface area contributed by atoms with E-state index in [0.717, 1.165) is 19.4 Å². The van der Waals surface area contributed by atoms with Crippen molar-refractivity contribution in [2.75, 3.05) is 13.1 Å². The van der Waals surface area contributed by atoms with Gasteiger partial charge in [-0.05, 0) is 43.9 Å². The Kier molecular flexibility index (Phi) is 4.71. The van der Waals surface area contributed by atoms with Crippen molar-refractivity contribution in [2.45, 2.75) is 25.8 Å². The summed E-state index contributed by atoms with van der Waals surface area (Å²) in [6.45, 7) is 3.46. The van der Waals surface area contributed by atoms with Crippen LogP contribution in [-0.4, -0.2) is 29.9 Å². The molecule has 0 bridgehead atoms. The highest BCUT2D eigenvalue weighted by Gasteiger charge is 2.27. The third-order valence-corrected chi connectivity index (χ3v) is 4.20. The number of halogens is 2. The molecule has 0 radical (unpaired) electrons. The minimum atomic E-state index is -0.0352. The van der Waals surface area contributed by atoms with E-state index >= 15 is 0 Å². The second-order valence-electron chi connectivity index (χ2n) is 5.14. The van der Waals surface area contributed by atoms with Gasteiger partial charge in [-0.15, -0.1) is 0 Å². The molecule has 1 amide bonds. The Hall–Kier alpha value is -0.770. The van der Waals surface area contributed by atoms with Crippen LogP contribution in [0.15, 0.2) is 18.2 Å². The van der Waals surface area contributed by atoms with E-state index in [4.69, 9.17) is 28.9 Å². The van der Waals surface area contributed by atoms with E-state index in [1.165, 1.54) is 0 Å². The second-order valence-corrected chi connectivity index (χ2v) is 5.98. The molecule has 1 saturated heterocycles. The monoisotopic (exact) mass is 300 g/mol. The Bertz CT molecular complexity index is 477. The molecule has 0 spiro atoms. The maximum atomic E-state index is 12.5. The Morgan fingerprint density at radius 3 is 2.84 bits per heavy atom. The number of nitrogens with zero attached hydrogens (tertiary/aromatic N) is 1. The number of likely N-dealkylation sites (tertiary alicyclic amines) is 1. The van der Waals surface area contributed by atoms with Crippen LogP contribution in [0.2, 0.25) is 10.0 Å². The highest BCUT2D eigenvalue weighted by molar-refractivity contribution is 6.36. The largest absolute Gasteiger partial charge is 0.338 e. The topological polar surface area (TPSA) is 46.3 Å². The number of hydrogen-bond acceptors (Lipinski definition) is 2. The van der Waals surface area contributed by atoms with Crippen molar-refractivity contribution < 1.29 is 4.79 Å². The van der Waals surface area contributed by atoms with Gasteiger partial charge in [-0.2, -0.15) is 0 Å². The fourth-order valence-corrected chi connectivity index (χ4v) is 2.95. The fraction of sp³-hybridized carbons (Fsp3) is 0.500. The van der Waals surface area contributed by atoms with Crippen LogP contribution in [0.5, 0.6) is 0 Å². The minimum absolute atomic E-state index is 0.0352. The SMILES string of the molecule is CC(N)C1CCCN(C(=O)c2ccc(Cl)cc2Cl)C1. The Morgan fingerprint density at radius 2 is 2.21 bits per heavy atom. The molecule has 104 valence electrons. The first-order valence-electron chi connectivity index (χ1n) is 6.49. The Morgan fingerprint density at radius 1 is 1.47 bits per heavy atom. The van der Waals surface area contributed by atoms with Gasteiger partial charge in [0.25, 0.3) is 5.91 Å². The van der Waals surface area contributed by atoms with Gasteiger partial charge >= 0.3 is 0 Å². The lowest BCUT2D eigenvalue weighted by Gasteiger charge is -2.34. The van der Waals surface area contributed by atoms with E-state index in [0.29, 0.717) is 28.1 Å². The molecule has 0 aromatic heterocycles. The summed E-state index contributed by atoms with van der Waals surface area (Å²) in [4.78, 5) is 14.3. The van der Waals surface area contributed by atoms with Crippen molar-refractivity contribution >= 4 is 29.1 Å². The Balaban J connectivity index is 2.15. The molecular formula is C14H18Cl2N2O. The van der Waals surface area contributed by atoms with Gasteiger partial charge in [0.15, 0.2) is 0 Å². The van der Waals surface area contributed by atoms with E-state index in [9.17, 15) is 4.79 Å². The van der Waals surface area contributed by atoms with Crippen molar-refractivity contribution in [3.05, 3.63) is 33.8 Å². The van der Waals surface area contributed by atoms with Crippen molar-refractivity contribution in [1.82, 2.24) is 4.90 Å². The molecule has 1 heterocycles. The molecule has 2 unspecified atom stereocenters. The van der Waals surface area contributed by atoms with Crippen molar-refractivity contribution in [3.63, 3.8) is 0 Å². The number of benzene rings is 1. The van der Waals surface area contributed by atoms with Gasteiger partial charge < -0.3 is 10.6 Å². The smallest absolute Gasteiger partial charge is 0.255 e. The van der Waals surface area contributed by atoms with Crippen LogP contribution in [0.3, 0.4) is 0 Å². The normalized spacial score (nSPS) is 21.3. The molecule has 2 atom stereocenters. The molecule has 2 N–H and O–H groups in total. The van der Waals surface area contributed by atoms with Gasteiger partial charge in [0.05, 0.1) is 10.6 Å². The predicted octanol–water partition coefficient (Wildman–Crippen LogP) is 3.19. The Labute approximate surface area is 123 Å². The quantitative estimate of drug-likeness (QED) is 0.912. The highest BCUT2D eigenvalue weighted by atomic mass is 35.5. The van der Waals surface area contributed by atoms with Crippen LogP contribution in [0.1, 0.15) is 30.1 Å². The number of rotatable bonds is 2. The second kappa shape index (κ2) is 6.12. The molecule has 0 saturated carbocycles. The van der Waals surface area contributed by atoms with Crippen LogP contribution in [0.4, 0.5) is 0 Å². The van der Waals surface area contributed by atoms with E-state index in [-0.39, 0.29) is 11.9 Å². The van der Waals surface area contributed by atoms with Crippen LogP contribution < -0.4 is 5.73 Å². The third-order valence-electron chi connectivity index (χ3n) is 3.65. The van der Waals surface area contributed by atoms with Gasteiger partial charge in [-0.25, -0.2) is 0 Å². The zero-order valence-corrected chi connectivity index (χ0v) is 12.4. The fourth-order valence-electron chi connectivity index (χ4n) is 2.46. The van der Waals surface area contributed by atoms with Crippen molar-refractivity contribution in [1.29, 1.82) is 0 Å². The van der Waals surface area contributed by atoms with Crippen LogP contribution in [-0.2, 0) is 0 Å². The highest BCUT2D eigenvalue weighted by Crippen LogP contribution is 2.25. The summed E-state index contributed by atoms with van der Waals surface area (Å²) < 4.78 is 0. The van der Waals surface area contributed by atoms with Gasteiger partial charge in [0, 0.05) is 24.2 Å². The van der Waals surface area contributed by atoms with Crippen LogP contribution in [0.25, 0.3) is 0 Å². The minimum Gasteiger partial charge on any atom is -0.338 e. The summed E-state index contributed by atoms with van der Waals surface area (Å²) in [6.07, 6.45) is 2.07. The summed E-state index contributed by atoms with van der Waals surface area (Å²) in [5.74, 6) is 0.329. The molecule has 1 aromatic carbocycles. The predicted molar refractivity (Wildman–Crippen MR) is 78.7 cm³/mol. The maximum Gasteiger partial charge on any atom is 0.255 e.